The molecule has 1 N–H and O–H groups in total. The first-order valence-corrected chi connectivity index (χ1v) is 14.4. The monoisotopic (exact) mass is 574 g/mol. The molecule has 1 saturated heterocycles. The predicted molar refractivity (Wildman–Crippen MR) is 156 cm³/mol. The largest absolute Gasteiger partial charge is 0.507 e. The zero-order chi connectivity index (χ0) is 28.0. The zero-order valence-electron chi connectivity index (χ0n) is 22.0. The molecule has 3 heterocycles. The van der Waals surface area contributed by atoms with Crippen LogP contribution in [0.4, 0.5) is 5.13 Å². The lowest BCUT2D eigenvalue weighted by Gasteiger charge is -2.23. The maximum absolute atomic E-state index is 13.6. The van der Waals surface area contributed by atoms with Gasteiger partial charge in [-0.25, -0.2) is 4.98 Å². The highest BCUT2D eigenvalue weighted by molar-refractivity contribution is 7.22. The third-order valence-corrected chi connectivity index (χ3v) is 8.35. The van der Waals surface area contributed by atoms with E-state index in [0.717, 1.165) is 28.9 Å². The molecular weight excluding hydrogens is 548 g/mol. The van der Waals surface area contributed by atoms with Crippen molar-refractivity contribution in [2.24, 2.45) is 0 Å². The molecule has 0 aliphatic carbocycles. The standard InChI is InChI=1S/C31H27ClN2O5S/c1-3-4-12-38-22-7-5-6-18(15-22)27-26(28(35)19-8-11-24-20(14-19)13-17(2)39-24)29(36)30(37)34(27)31-33-23-10-9-21(32)16-25(23)40-31/h5-11,14-17,27,35H,3-4,12-13H2,1-2H3/b28-26+. The quantitative estimate of drug-likeness (QED) is 0.110. The van der Waals surface area contributed by atoms with Crippen molar-refractivity contribution >= 4 is 55.7 Å². The number of unbranched alkanes of at least 4 members (excludes halogenated alkanes) is 1. The van der Waals surface area contributed by atoms with Crippen molar-refractivity contribution in [3.05, 3.63) is 87.9 Å². The molecule has 7 nitrogen and oxygen atoms in total. The first-order valence-electron chi connectivity index (χ1n) is 13.2. The molecule has 2 aliphatic rings. The number of benzene rings is 3. The minimum atomic E-state index is -0.908. The second-order valence-electron chi connectivity index (χ2n) is 10.0. The number of amides is 1. The number of aliphatic hydroxyl groups is 1. The van der Waals surface area contributed by atoms with E-state index in [-0.39, 0.29) is 17.4 Å². The van der Waals surface area contributed by atoms with Crippen LogP contribution >= 0.6 is 22.9 Å². The number of nitrogens with zero attached hydrogens (tertiary/aromatic N) is 2. The van der Waals surface area contributed by atoms with E-state index >= 15 is 0 Å². The number of rotatable bonds is 7. The molecule has 3 aromatic carbocycles. The summed E-state index contributed by atoms with van der Waals surface area (Å²) in [4.78, 5) is 33.3. The molecule has 204 valence electrons. The molecule has 0 radical (unpaired) electrons. The highest BCUT2D eigenvalue weighted by Crippen LogP contribution is 2.45. The van der Waals surface area contributed by atoms with Crippen LogP contribution in [0, 0.1) is 0 Å². The summed E-state index contributed by atoms with van der Waals surface area (Å²) in [5.74, 6) is -0.397. The van der Waals surface area contributed by atoms with Gasteiger partial charge in [-0.1, -0.05) is 48.4 Å². The van der Waals surface area contributed by atoms with Crippen molar-refractivity contribution < 1.29 is 24.2 Å². The molecular formula is C31H27ClN2O5S. The van der Waals surface area contributed by atoms with Crippen molar-refractivity contribution in [1.82, 2.24) is 4.98 Å². The average Bonchev–Trinajstić information content (AvgIpc) is 3.60. The van der Waals surface area contributed by atoms with E-state index in [1.807, 2.05) is 37.3 Å². The van der Waals surface area contributed by atoms with Crippen LogP contribution in [0.2, 0.25) is 5.02 Å². The van der Waals surface area contributed by atoms with Gasteiger partial charge >= 0.3 is 5.91 Å². The maximum Gasteiger partial charge on any atom is 0.301 e. The number of thiazole rings is 1. The van der Waals surface area contributed by atoms with Gasteiger partial charge < -0.3 is 14.6 Å². The number of Topliss-reactive ketones (excluding diaryl/α,β-unsaturated/α-hetero) is 1. The van der Waals surface area contributed by atoms with Crippen molar-refractivity contribution in [2.45, 2.75) is 45.3 Å². The number of carbonyl (C=O) groups is 2. The van der Waals surface area contributed by atoms with Gasteiger partial charge in [0.2, 0.25) is 0 Å². The molecule has 2 atom stereocenters. The summed E-state index contributed by atoms with van der Waals surface area (Å²) >= 11 is 7.46. The molecule has 2 unspecified atom stereocenters. The summed E-state index contributed by atoms with van der Waals surface area (Å²) in [7, 11) is 0. The molecule has 1 fully saturated rings. The van der Waals surface area contributed by atoms with Crippen molar-refractivity contribution in [1.29, 1.82) is 0 Å². The molecule has 6 rings (SSSR count). The summed E-state index contributed by atoms with van der Waals surface area (Å²) in [6.07, 6.45) is 2.62. The topological polar surface area (TPSA) is 89.0 Å². The van der Waals surface area contributed by atoms with E-state index < -0.39 is 17.7 Å². The van der Waals surface area contributed by atoms with Gasteiger partial charge in [0.15, 0.2) is 5.13 Å². The van der Waals surface area contributed by atoms with Crippen LogP contribution in [0.1, 0.15) is 49.4 Å². The lowest BCUT2D eigenvalue weighted by atomic mass is 9.94. The van der Waals surface area contributed by atoms with E-state index in [2.05, 4.69) is 11.9 Å². The van der Waals surface area contributed by atoms with E-state index in [1.54, 1.807) is 30.3 Å². The Morgan fingerprint density at radius 2 is 2.02 bits per heavy atom. The molecule has 2 aliphatic heterocycles. The number of fused-ring (bicyclic) bond motifs is 2. The highest BCUT2D eigenvalue weighted by atomic mass is 35.5. The number of hydrogen-bond acceptors (Lipinski definition) is 7. The second-order valence-corrected chi connectivity index (χ2v) is 11.5. The van der Waals surface area contributed by atoms with Crippen LogP contribution in [0.25, 0.3) is 16.0 Å². The lowest BCUT2D eigenvalue weighted by Crippen LogP contribution is -2.29. The first-order chi connectivity index (χ1) is 19.3. The first kappa shape index (κ1) is 26.3. The van der Waals surface area contributed by atoms with Gasteiger partial charge in [0.25, 0.3) is 5.78 Å². The fraction of sp³-hybridized carbons (Fsp3) is 0.258. The number of ketones is 1. The minimum absolute atomic E-state index is 0.0000829. The Hall–Kier alpha value is -3.88. The molecule has 40 heavy (non-hydrogen) atoms. The number of aliphatic hydroxyl groups excluding tert-OH is 1. The Balaban J connectivity index is 1.50. The maximum atomic E-state index is 13.6. The highest BCUT2D eigenvalue weighted by Gasteiger charge is 2.48. The Kier molecular flexibility index (Phi) is 6.98. The summed E-state index contributed by atoms with van der Waals surface area (Å²) in [6.45, 7) is 4.62. The van der Waals surface area contributed by atoms with Crippen molar-refractivity contribution in [3.63, 3.8) is 0 Å². The third-order valence-electron chi connectivity index (χ3n) is 7.10. The third kappa shape index (κ3) is 4.71. The van der Waals surface area contributed by atoms with E-state index in [1.165, 1.54) is 16.2 Å². The average molecular weight is 575 g/mol. The summed E-state index contributed by atoms with van der Waals surface area (Å²) < 4.78 is 12.5. The molecule has 4 aromatic rings. The Morgan fingerprint density at radius 3 is 2.85 bits per heavy atom. The van der Waals surface area contributed by atoms with Gasteiger partial charge in [-0.05, 0) is 73.0 Å². The number of aromatic nitrogens is 1. The zero-order valence-corrected chi connectivity index (χ0v) is 23.6. The molecule has 0 bridgehead atoms. The van der Waals surface area contributed by atoms with Crippen LogP contribution in [-0.4, -0.2) is 34.5 Å². The van der Waals surface area contributed by atoms with Gasteiger partial charge in [0.05, 0.1) is 28.4 Å². The van der Waals surface area contributed by atoms with Gasteiger partial charge in [-0.2, -0.15) is 0 Å². The van der Waals surface area contributed by atoms with Gasteiger partial charge in [0, 0.05) is 17.0 Å². The van der Waals surface area contributed by atoms with E-state index in [0.29, 0.717) is 45.6 Å². The Bertz CT molecular complexity index is 1680. The fourth-order valence-electron chi connectivity index (χ4n) is 5.17. The fourth-order valence-corrected chi connectivity index (χ4v) is 6.44. The number of anilines is 1. The van der Waals surface area contributed by atoms with Crippen LogP contribution < -0.4 is 14.4 Å². The molecule has 0 saturated carbocycles. The lowest BCUT2D eigenvalue weighted by molar-refractivity contribution is -0.132. The predicted octanol–water partition coefficient (Wildman–Crippen LogP) is 7.08. The van der Waals surface area contributed by atoms with Crippen LogP contribution in [0.5, 0.6) is 11.5 Å². The molecule has 1 aromatic heterocycles. The summed E-state index contributed by atoms with van der Waals surface area (Å²) in [5, 5.41) is 12.5. The van der Waals surface area contributed by atoms with E-state index in [9.17, 15) is 14.7 Å². The number of carbonyl (C=O) groups excluding carboxylic acids is 2. The van der Waals surface area contributed by atoms with Crippen molar-refractivity contribution in [3.8, 4) is 11.5 Å². The van der Waals surface area contributed by atoms with Crippen LogP contribution in [0.3, 0.4) is 0 Å². The molecule has 0 spiro atoms. The number of ether oxygens (including phenoxy) is 2. The summed E-state index contributed by atoms with van der Waals surface area (Å²) in [6, 6.07) is 17.0. The normalized spacial score (nSPS) is 19.7. The van der Waals surface area contributed by atoms with Gasteiger partial charge in [-0.15, -0.1) is 0 Å². The Morgan fingerprint density at radius 1 is 1.18 bits per heavy atom. The Labute approximate surface area is 240 Å². The number of halogens is 1. The second kappa shape index (κ2) is 10.6. The smallest absolute Gasteiger partial charge is 0.301 e. The van der Waals surface area contributed by atoms with Crippen LogP contribution in [0.15, 0.2) is 66.2 Å². The van der Waals surface area contributed by atoms with Crippen molar-refractivity contribution in [2.75, 3.05) is 11.5 Å². The van der Waals surface area contributed by atoms with E-state index in [4.69, 9.17) is 21.1 Å². The summed E-state index contributed by atoms with van der Waals surface area (Å²) in [5.41, 5.74) is 2.68. The van der Waals surface area contributed by atoms with Gasteiger partial charge in [0.1, 0.15) is 23.4 Å². The molecule has 9 heteroatoms. The minimum Gasteiger partial charge on any atom is -0.507 e. The SMILES string of the molecule is CCCCOc1cccc(C2/C(=C(\O)c3ccc4c(c3)CC(C)O4)C(=O)C(=O)N2c2nc3ccc(Cl)cc3s2)c1. The van der Waals surface area contributed by atoms with Crippen LogP contribution in [-0.2, 0) is 16.0 Å². The molecule has 1 amide bonds. The van der Waals surface area contributed by atoms with Gasteiger partial charge in [-0.3, -0.25) is 14.5 Å². The number of hydrogen-bond donors (Lipinski definition) is 1.